The summed E-state index contributed by atoms with van der Waals surface area (Å²) < 4.78 is 10.5. The molecule has 2 aliphatic heterocycles. The lowest BCUT2D eigenvalue weighted by atomic mass is 9.98. The van der Waals surface area contributed by atoms with Gasteiger partial charge in [-0.15, -0.1) is 0 Å². The maximum absolute atomic E-state index is 13.4. The topological polar surface area (TPSA) is 64.3 Å². The van der Waals surface area contributed by atoms with Gasteiger partial charge in [0.15, 0.2) is 0 Å². The molecule has 2 aromatic heterocycles. The Morgan fingerprint density at radius 1 is 1.02 bits per heavy atom. The zero-order valence-corrected chi connectivity index (χ0v) is 27.3. The van der Waals surface area contributed by atoms with Crippen LogP contribution >= 0.6 is 23.2 Å². The summed E-state index contributed by atoms with van der Waals surface area (Å²) >= 11 is 13.4. The van der Waals surface area contributed by atoms with Crippen molar-refractivity contribution < 1.29 is 9.53 Å². The zero-order chi connectivity index (χ0) is 30.4. The Bertz CT molecular complexity index is 1680. The van der Waals surface area contributed by atoms with Crippen molar-refractivity contribution in [2.75, 3.05) is 32.8 Å². The van der Waals surface area contributed by atoms with Gasteiger partial charge in [0.2, 0.25) is 0 Å². The Kier molecular flexibility index (Phi) is 8.51. The van der Waals surface area contributed by atoms with Crippen LogP contribution in [0.4, 0.5) is 0 Å². The van der Waals surface area contributed by atoms with Crippen molar-refractivity contribution in [3.63, 3.8) is 0 Å². The van der Waals surface area contributed by atoms with Gasteiger partial charge in [-0.3, -0.25) is 9.48 Å². The van der Waals surface area contributed by atoms with E-state index in [1.165, 1.54) is 25.9 Å². The van der Waals surface area contributed by atoms with E-state index in [4.69, 9.17) is 33.0 Å². The number of likely N-dealkylation sites (tertiary alicyclic amines) is 1. The summed E-state index contributed by atoms with van der Waals surface area (Å²) in [5.74, 6) is 0.780. The van der Waals surface area contributed by atoms with Gasteiger partial charge in [0.25, 0.3) is 5.91 Å². The summed E-state index contributed by atoms with van der Waals surface area (Å²) in [4.78, 5) is 15.9. The molecule has 2 aromatic carbocycles. The predicted molar refractivity (Wildman–Crippen MR) is 175 cm³/mol. The van der Waals surface area contributed by atoms with Crippen LogP contribution < -0.4 is 10.1 Å². The number of benzene rings is 2. The largest absolute Gasteiger partial charge is 0.494 e. The lowest BCUT2D eigenvalue weighted by Crippen LogP contribution is -2.38. The molecule has 0 aliphatic carbocycles. The van der Waals surface area contributed by atoms with Crippen LogP contribution in [-0.2, 0) is 13.0 Å². The molecular formula is C34H41Cl2N5O2. The Morgan fingerprint density at radius 2 is 1.74 bits per heavy atom. The molecular weight excluding hydrogens is 581 g/mol. The van der Waals surface area contributed by atoms with Crippen molar-refractivity contribution >= 4 is 40.0 Å². The number of carbonyl (C=O) groups excluding carboxylic acids is 1. The molecule has 1 saturated heterocycles. The predicted octanol–water partition coefficient (Wildman–Crippen LogP) is 7.46. The van der Waals surface area contributed by atoms with Crippen molar-refractivity contribution in [1.29, 1.82) is 0 Å². The molecule has 228 valence electrons. The minimum absolute atomic E-state index is 0.0361. The van der Waals surface area contributed by atoms with E-state index in [1.54, 1.807) is 0 Å². The van der Waals surface area contributed by atoms with Crippen molar-refractivity contribution in [3.8, 4) is 16.9 Å². The first kappa shape index (κ1) is 30.0. The van der Waals surface area contributed by atoms with Crippen LogP contribution in [0.1, 0.15) is 70.8 Å². The first-order chi connectivity index (χ1) is 20.7. The van der Waals surface area contributed by atoms with Crippen molar-refractivity contribution in [3.05, 3.63) is 68.1 Å². The highest BCUT2D eigenvalue weighted by Crippen LogP contribution is 2.44. The SMILES string of the molecule is Cc1cc(OCCCc2c3n(c4c(-c5c(C)nn(CCN6CCCC6)c5C)c(Cl)ccc24)C(C)CNC3=O)cc(C)c1Cl. The molecule has 1 unspecified atom stereocenters. The Morgan fingerprint density at radius 3 is 2.47 bits per heavy atom. The highest BCUT2D eigenvalue weighted by molar-refractivity contribution is 6.35. The van der Waals surface area contributed by atoms with E-state index in [-0.39, 0.29) is 11.9 Å². The van der Waals surface area contributed by atoms with E-state index in [0.29, 0.717) is 24.6 Å². The number of fused-ring (bicyclic) bond motifs is 3. The Balaban J connectivity index is 1.36. The third-order valence-electron chi connectivity index (χ3n) is 9.14. The van der Waals surface area contributed by atoms with Gasteiger partial charge in [0, 0.05) is 46.4 Å². The summed E-state index contributed by atoms with van der Waals surface area (Å²) in [5.41, 5.74) is 8.91. The Labute approximate surface area is 264 Å². The van der Waals surface area contributed by atoms with Crippen molar-refractivity contribution in [2.45, 2.75) is 72.9 Å². The number of amides is 1. The van der Waals surface area contributed by atoms with Gasteiger partial charge in [-0.05, 0) is 108 Å². The average molecular weight is 623 g/mol. The summed E-state index contributed by atoms with van der Waals surface area (Å²) in [6, 6.07) is 8.10. The normalized spacial score (nSPS) is 17.1. The molecule has 9 heteroatoms. The second-order valence-corrected chi connectivity index (χ2v) is 13.0. The van der Waals surface area contributed by atoms with Gasteiger partial charge in [0.05, 0.1) is 29.4 Å². The number of nitrogens with one attached hydrogen (secondary N) is 1. The molecule has 0 saturated carbocycles. The number of ether oxygens (including phenoxy) is 1. The van der Waals surface area contributed by atoms with Gasteiger partial charge in [-0.1, -0.05) is 29.3 Å². The van der Waals surface area contributed by atoms with Crippen LogP contribution in [0.25, 0.3) is 22.0 Å². The maximum Gasteiger partial charge on any atom is 0.268 e. The van der Waals surface area contributed by atoms with Crippen molar-refractivity contribution in [1.82, 2.24) is 24.6 Å². The summed E-state index contributed by atoms with van der Waals surface area (Å²) in [6.45, 7) is 15.6. The molecule has 1 atom stereocenters. The van der Waals surface area contributed by atoms with Crippen molar-refractivity contribution in [2.24, 2.45) is 0 Å². The number of aryl methyl sites for hydroxylation is 4. The van der Waals surface area contributed by atoms with Gasteiger partial charge < -0.3 is 19.5 Å². The number of hydrogen-bond donors (Lipinski definition) is 1. The third kappa shape index (κ3) is 5.56. The standard InChI is InChI=1S/C34H41Cl2N5O2/c1-20-17-25(18-21(2)31(20)36)43-16-8-9-26-27-10-11-28(35)30(32(27)41-22(3)19-37-34(42)33(26)41)29-23(4)38-40(24(29)5)15-14-39-12-6-7-13-39/h10-11,17-18,22H,6-9,12-16,19H2,1-5H3,(H,37,42). The monoisotopic (exact) mass is 621 g/mol. The summed E-state index contributed by atoms with van der Waals surface area (Å²) in [5, 5.41) is 10.6. The number of halogens is 2. The van der Waals surface area contributed by atoms with E-state index < -0.39 is 0 Å². The van der Waals surface area contributed by atoms with Gasteiger partial charge >= 0.3 is 0 Å². The van der Waals surface area contributed by atoms with Crippen LogP contribution in [0.3, 0.4) is 0 Å². The number of carbonyl (C=O) groups is 1. The first-order valence-electron chi connectivity index (χ1n) is 15.5. The van der Waals surface area contributed by atoms with E-state index in [9.17, 15) is 4.79 Å². The van der Waals surface area contributed by atoms with E-state index >= 15 is 0 Å². The maximum atomic E-state index is 13.4. The molecule has 1 amide bonds. The third-order valence-corrected chi connectivity index (χ3v) is 10.1. The van der Waals surface area contributed by atoms with Crippen LogP contribution in [-0.4, -0.2) is 57.9 Å². The van der Waals surface area contributed by atoms with Crippen LogP contribution in [0, 0.1) is 27.7 Å². The minimum Gasteiger partial charge on any atom is -0.494 e. The van der Waals surface area contributed by atoms with Crippen LogP contribution in [0.5, 0.6) is 5.75 Å². The second-order valence-electron chi connectivity index (χ2n) is 12.2. The summed E-state index contributed by atoms with van der Waals surface area (Å²) in [7, 11) is 0. The zero-order valence-electron chi connectivity index (χ0n) is 25.8. The molecule has 7 nitrogen and oxygen atoms in total. The van der Waals surface area contributed by atoms with E-state index in [2.05, 4.69) is 46.3 Å². The molecule has 4 aromatic rings. The molecule has 6 rings (SSSR count). The highest BCUT2D eigenvalue weighted by atomic mass is 35.5. The second kappa shape index (κ2) is 12.2. The first-order valence-corrected chi connectivity index (χ1v) is 16.2. The number of nitrogens with zero attached hydrogens (tertiary/aromatic N) is 4. The van der Waals surface area contributed by atoms with E-state index in [0.717, 1.165) is 86.1 Å². The fraction of sp³-hybridized carbons (Fsp3) is 0.471. The lowest BCUT2D eigenvalue weighted by Gasteiger charge is -2.26. The molecule has 1 fully saturated rings. The molecule has 4 heterocycles. The molecule has 1 N–H and O–H groups in total. The van der Waals surface area contributed by atoms with Gasteiger partial charge in [-0.25, -0.2) is 0 Å². The molecule has 43 heavy (non-hydrogen) atoms. The molecule has 0 radical (unpaired) electrons. The van der Waals surface area contributed by atoms with Gasteiger partial charge in [0.1, 0.15) is 11.4 Å². The van der Waals surface area contributed by atoms with Crippen LogP contribution in [0.15, 0.2) is 24.3 Å². The van der Waals surface area contributed by atoms with Gasteiger partial charge in [-0.2, -0.15) is 5.10 Å². The summed E-state index contributed by atoms with van der Waals surface area (Å²) in [6.07, 6.45) is 4.03. The molecule has 2 aliphatic rings. The minimum atomic E-state index is -0.0361. The smallest absolute Gasteiger partial charge is 0.268 e. The number of hydrogen-bond acceptors (Lipinski definition) is 4. The fourth-order valence-corrected chi connectivity index (χ4v) is 7.34. The fourth-order valence-electron chi connectivity index (χ4n) is 6.99. The molecule has 0 spiro atoms. The average Bonchev–Trinajstić information content (AvgIpc) is 3.68. The van der Waals surface area contributed by atoms with Crippen LogP contribution in [0.2, 0.25) is 10.0 Å². The number of rotatable bonds is 9. The lowest BCUT2D eigenvalue weighted by molar-refractivity contribution is 0.0918. The number of aromatic nitrogens is 3. The Hall–Kier alpha value is -3.00. The van der Waals surface area contributed by atoms with E-state index in [1.807, 2.05) is 32.0 Å². The highest BCUT2D eigenvalue weighted by Gasteiger charge is 2.32. The molecule has 0 bridgehead atoms. The quantitative estimate of drug-likeness (QED) is 0.197.